The maximum atomic E-state index is 12.8. The summed E-state index contributed by atoms with van der Waals surface area (Å²) in [6.45, 7) is 6.61. The number of hydrogen-bond donors (Lipinski definition) is 1. The van der Waals surface area contributed by atoms with Gasteiger partial charge in [-0.25, -0.2) is 4.68 Å². The molecular formula is C23H35N5O. The van der Waals surface area contributed by atoms with Crippen LogP contribution in [0.3, 0.4) is 0 Å². The summed E-state index contributed by atoms with van der Waals surface area (Å²) >= 11 is 0. The number of nitrogens with one attached hydrogen (secondary N) is 1. The highest BCUT2D eigenvalue weighted by atomic mass is 16.2. The molecule has 0 aromatic carbocycles. The maximum Gasteiger partial charge on any atom is 0.234 e. The molecular weight excluding hydrogens is 362 g/mol. The highest BCUT2D eigenvalue weighted by molar-refractivity contribution is 5.78. The smallest absolute Gasteiger partial charge is 0.234 e. The second-order valence-corrected chi connectivity index (χ2v) is 10.2. The fourth-order valence-corrected chi connectivity index (χ4v) is 6.58. The van der Waals surface area contributed by atoms with Crippen LogP contribution in [0.25, 0.3) is 5.57 Å². The molecule has 4 fully saturated rings. The Balaban J connectivity index is 1.13. The van der Waals surface area contributed by atoms with Crippen molar-refractivity contribution in [2.24, 2.45) is 23.7 Å². The molecule has 6 nitrogen and oxygen atoms in total. The predicted octanol–water partition coefficient (Wildman–Crippen LogP) is 3.28. The minimum absolute atomic E-state index is 0.233. The van der Waals surface area contributed by atoms with Crippen LogP contribution >= 0.6 is 0 Å². The van der Waals surface area contributed by atoms with E-state index in [4.69, 9.17) is 0 Å². The van der Waals surface area contributed by atoms with Crippen molar-refractivity contribution in [3.05, 3.63) is 18.0 Å². The zero-order valence-corrected chi connectivity index (χ0v) is 17.9. The number of carbonyl (C=O) groups excluding carboxylic acids is 1. The molecule has 0 radical (unpaired) electrons. The molecule has 0 spiro atoms. The number of rotatable bonds is 5. The number of hydrogen-bond acceptors (Lipinski definition) is 4. The monoisotopic (exact) mass is 397 g/mol. The normalized spacial score (nSPS) is 34.3. The first kappa shape index (κ1) is 19.3. The zero-order chi connectivity index (χ0) is 20.0. The summed E-state index contributed by atoms with van der Waals surface area (Å²) in [5.41, 5.74) is 2.25. The summed E-state index contributed by atoms with van der Waals surface area (Å²) in [6.07, 6.45) is 13.1. The van der Waals surface area contributed by atoms with Gasteiger partial charge < -0.3 is 5.32 Å². The Hall–Kier alpha value is -1.69. The fraction of sp³-hybridized carbons (Fsp3) is 0.783. The lowest BCUT2D eigenvalue weighted by Gasteiger charge is -2.54. The minimum atomic E-state index is 0.233. The van der Waals surface area contributed by atoms with Crippen LogP contribution in [0.1, 0.15) is 70.5 Å². The predicted molar refractivity (Wildman–Crippen MR) is 113 cm³/mol. The first-order valence-electron chi connectivity index (χ1n) is 11.7. The number of nitrogens with zero attached hydrogens (tertiary/aromatic N) is 4. The molecule has 0 atom stereocenters. The van der Waals surface area contributed by atoms with E-state index in [9.17, 15) is 4.79 Å². The first-order valence-corrected chi connectivity index (χ1v) is 11.7. The van der Waals surface area contributed by atoms with E-state index in [2.05, 4.69) is 40.5 Å². The second kappa shape index (κ2) is 7.86. The Morgan fingerprint density at radius 1 is 1.14 bits per heavy atom. The van der Waals surface area contributed by atoms with Crippen molar-refractivity contribution in [1.82, 2.24) is 25.2 Å². The van der Waals surface area contributed by atoms with Gasteiger partial charge >= 0.3 is 0 Å². The van der Waals surface area contributed by atoms with Crippen molar-refractivity contribution in [2.45, 2.75) is 70.9 Å². The molecule has 2 heterocycles. The van der Waals surface area contributed by atoms with E-state index in [0.717, 1.165) is 55.3 Å². The van der Waals surface area contributed by atoms with Gasteiger partial charge in [-0.15, -0.1) is 5.10 Å². The van der Waals surface area contributed by atoms with Crippen LogP contribution in [0.5, 0.6) is 0 Å². The van der Waals surface area contributed by atoms with E-state index in [1.54, 1.807) is 0 Å². The third-order valence-electron chi connectivity index (χ3n) is 7.82. The van der Waals surface area contributed by atoms with Gasteiger partial charge in [0, 0.05) is 25.2 Å². The van der Waals surface area contributed by atoms with E-state index in [1.807, 2.05) is 10.9 Å². The highest BCUT2D eigenvalue weighted by Crippen LogP contribution is 2.53. The Kier molecular flexibility index (Phi) is 5.23. The van der Waals surface area contributed by atoms with Gasteiger partial charge in [-0.1, -0.05) is 11.3 Å². The van der Waals surface area contributed by atoms with Gasteiger partial charge in [-0.3, -0.25) is 9.69 Å². The van der Waals surface area contributed by atoms with Gasteiger partial charge in [-0.2, -0.15) is 0 Å². The molecule has 1 aromatic rings. The van der Waals surface area contributed by atoms with Gasteiger partial charge in [0.05, 0.1) is 12.7 Å². The molecule has 0 unspecified atom stereocenters. The van der Waals surface area contributed by atoms with Crippen molar-refractivity contribution >= 4 is 11.5 Å². The van der Waals surface area contributed by atoms with Crippen molar-refractivity contribution in [3.63, 3.8) is 0 Å². The molecule has 0 saturated heterocycles. The molecule has 1 amide bonds. The summed E-state index contributed by atoms with van der Waals surface area (Å²) in [5, 5.41) is 12.1. The minimum Gasteiger partial charge on any atom is -0.352 e. The van der Waals surface area contributed by atoms with Crippen LogP contribution in [-0.4, -0.2) is 51.5 Å². The fourth-order valence-electron chi connectivity index (χ4n) is 6.58. The van der Waals surface area contributed by atoms with E-state index < -0.39 is 0 Å². The lowest BCUT2D eigenvalue weighted by molar-refractivity contribution is -0.126. The SMILES string of the molecule is CC(C)n1cc(C2=CCCN(CC(=O)NC3C4CC5CC(C4)CC3C5)CC2)nn1. The van der Waals surface area contributed by atoms with Gasteiger partial charge in [0.25, 0.3) is 0 Å². The van der Waals surface area contributed by atoms with E-state index >= 15 is 0 Å². The van der Waals surface area contributed by atoms with Gasteiger partial charge in [0.15, 0.2) is 0 Å². The topological polar surface area (TPSA) is 63.1 Å². The van der Waals surface area contributed by atoms with Crippen molar-refractivity contribution < 1.29 is 4.79 Å². The third kappa shape index (κ3) is 4.00. The number of aromatic nitrogens is 3. The lowest BCUT2D eigenvalue weighted by atomic mass is 9.54. The molecule has 4 bridgehead atoms. The van der Waals surface area contributed by atoms with Gasteiger partial charge in [-0.05, 0) is 88.0 Å². The van der Waals surface area contributed by atoms with Crippen molar-refractivity contribution in [3.8, 4) is 0 Å². The Morgan fingerprint density at radius 2 is 1.86 bits per heavy atom. The first-order chi connectivity index (χ1) is 14.0. The van der Waals surface area contributed by atoms with E-state index in [1.165, 1.54) is 37.7 Å². The molecule has 6 rings (SSSR count). The molecule has 4 aliphatic carbocycles. The largest absolute Gasteiger partial charge is 0.352 e. The van der Waals surface area contributed by atoms with Crippen LogP contribution in [0.2, 0.25) is 0 Å². The summed E-state index contributed by atoms with van der Waals surface area (Å²) < 4.78 is 1.91. The highest BCUT2D eigenvalue weighted by Gasteiger charge is 2.48. The summed E-state index contributed by atoms with van der Waals surface area (Å²) in [7, 11) is 0. The quantitative estimate of drug-likeness (QED) is 0.828. The average molecular weight is 398 g/mol. The molecule has 5 aliphatic rings. The lowest BCUT2D eigenvalue weighted by Crippen LogP contribution is -2.57. The van der Waals surface area contributed by atoms with Crippen LogP contribution in [-0.2, 0) is 4.79 Å². The summed E-state index contributed by atoms with van der Waals surface area (Å²) in [6, 6.07) is 0.773. The third-order valence-corrected chi connectivity index (χ3v) is 7.82. The molecule has 29 heavy (non-hydrogen) atoms. The van der Waals surface area contributed by atoms with Crippen LogP contribution in [0.15, 0.2) is 12.3 Å². The Morgan fingerprint density at radius 3 is 2.52 bits per heavy atom. The maximum absolute atomic E-state index is 12.8. The van der Waals surface area contributed by atoms with Crippen LogP contribution in [0, 0.1) is 23.7 Å². The van der Waals surface area contributed by atoms with Gasteiger partial charge in [0.2, 0.25) is 5.91 Å². The molecule has 1 N–H and O–H groups in total. The molecule has 1 aromatic heterocycles. The average Bonchev–Trinajstić information content (AvgIpc) is 3.06. The Labute approximate surface area is 174 Å². The van der Waals surface area contributed by atoms with Crippen LogP contribution < -0.4 is 5.32 Å². The summed E-state index contributed by atoms with van der Waals surface area (Å²) in [4.78, 5) is 15.2. The molecule has 4 saturated carbocycles. The molecule has 158 valence electrons. The standard InChI is InChI=1S/C23H35N5O/c1-15(2)28-13-21(25-26-28)18-4-3-6-27(7-5-18)14-22(29)24-23-19-9-16-8-17(11-19)12-20(23)10-16/h4,13,15-17,19-20,23H,3,5-12,14H2,1-2H3,(H,24,29). The van der Waals surface area contributed by atoms with Gasteiger partial charge in [0.1, 0.15) is 5.69 Å². The molecule has 1 aliphatic heterocycles. The number of carbonyl (C=O) groups is 1. The van der Waals surface area contributed by atoms with Crippen LogP contribution in [0.4, 0.5) is 0 Å². The van der Waals surface area contributed by atoms with E-state index in [0.29, 0.717) is 18.6 Å². The number of amides is 1. The summed E-state index contributed by atoms with van der Waals surface area (Å²) in [5.74, 6) is 3.63. The molecule has 6 heteroatoms. The Bertz CT molecular complexity index is 754. The van der Waals surface area contributed by atoms with Crippen molar-refractivity contribution in [1.29, 1.82) is 0 Å². The van der Waals surface area contributed by atoms with Crippen molar-refractivity contribution in [2.75, 3.05) is 19.6 Å². The van der Waals surface area contributed by atoms with E-state index in [-0.39, 0.29) is 5.91 Å². The zero-order valence-electron chi connectivity index (χ0n) is 17.9. The second-order valence-electron chi connectivity index (χ2n) is 10.2.